The number of hydrogen-bond acceptors (Lipinski definition) is 5. The highest BCUT2D eigenvalue weighted by Gasteiger charge is 2.28. The average molecular weight is 272 g/mol. The molecule has 0 unspecified atom stereocenters. The van der Waals surface area contributed by atoms with Crippen LogP contribution in [0.15, 0.2) is 0 Å². The quantitative estimate of drug-likeness (QED) is 0.773. The van der Waals surface area contributed by atoms with Crippen molar-refractivity contribution in [1.82, 2.24) is 10.2 Å². The molecular weight excluding hydrogens is 248 g/mol. The fourth-order valence-corrected chi connectivity index (χ4v) is 2.03. The van der Waals surface area contributed by atoms with Crippen molar-refractivity contribution < 1.29 is 19.1 Å². The standard InChI is InChI=1S/C13H24N2O4/c1-13(2,3)19-12(17)14-6-8-15-7-5-10(9-15)11(16)18-4/h10H,5-9H2,1-4H3,(H,14,17)/t10-/m1/s1. The molecule has 0 aromatic rings. The highest BCUT2D eigenvalue weighted by atomic mass is 16.6. The number of alkyl carbamates (subject to hydrolysis) is 1. The molecule has 6 nitrogen and oxygen atoms in total. The number of carbonyl (C=O) groups is 2. The minimum Gasteiger partial charge on any atom is -0.469 e. The van der Waals surface area contributed by atoms with Gasteiger partial charge in [-0.25, -0.2) is 4.79 Å². The van der Waals surface area contributed by atoms with E-state index in [2.05, 4.69) is 10.2 Å². The van der Waals surface area contributed by atoms with Gasteiger partial charge in [-0.1, -0.05) is 0 Å². The van der Waals surface area contributed by atoms with Crippen LogP contribution in [0.25, 0.3) is 0 Å². The van der Waals surface area contributed by atoms with Crippen LogP contribution in [-0.2, 0) is 14.3 Å². The van der Waals surface area contributed by atoms with E-state index in [1.807, 2.05) is 20.8 Å². The van der Waals surface area contributed by atoms with Gasteiger partial charge < -0.3 is 19.7 Å². The van der Waals surface area contributed by atoms with Gasteiger partial charge in [0.15, 0.2) is 0 Å². The van der Waals surface area contributed by atoms with E-state index >= 15 is 0 Å². The largest absolute Gasteiger partial charge is 0.469 e. The molecular formula is C13H24N2O4. The number of likely N-dealkylation sites (tertiary alicyclic amines) is 1. The van der Waals surface area contributed by atoms with Gasteiger partial charge in [0.1, 0.15) is 5.60 Å². The van der Waals surface area contributed by atoms with E-state index in [1.54, 1.807) is 0 Å². The average Bonchev–Trinajstić information content (AvgIpc) is 2.74. The van der Waals surface area contributed by atoms with Crippen LogP contribution < -0.4 is 5.32 Å². The summed E-state index contributed by atoms with van der Waals surface area (Å²) in [5, 5.41) is 2.71. The maximum Gasteiger partial charge on any atom is 0.407 e. The van der Waals surface area contributed by atoms with Crippen molar-refractivity contribution in [3.05, 3.63) is 0 Å². The number of rotatable bonds is 4. The normalized spacial score (nSPS) is 20.1. The van der Waals surface area contributed by atoms with E-state index in [0.717, 1.165) is 13.0 Å². The Morgan fingerprint density at radius 2 is 2.05 bits per heavy atom. The van der Waals surface area contributed by atoms with Gasteiger partial charge in [-0.05, 0) is 33.7 Å². The summed E-state index contributed by atoms with van der Waals surface area (Å²) in [5.74, 6) is -0.186. The lowest BCUT2D eigenvalue weighted by molar-refractivity contribution is -0.144. The summed E-state index contributed by atoms with van der Waals surface area (Å²) < 4.78 is 9.86. The van der Waals surface area contributed by atoms with Crippen molar-refractivity contribution in [3.63, 3.8) is 0 Å². The van der Waals surface area contributed by atoms with E-state index < -0.39 is 11.7 Å². The zero-order chi connectivity index (χ0) is 14.5. The van der Waals surface area contributed by atoms with Crippen LogP contribution >= 0.6 is 0 Å². The maximum atomic E-state index is 11.4. The Bertz CT molecular complexity index is 325. The Labute approximate surface area is 114 Å². The number of hydrogen-bond donors (Lipinski definition) is 1. The molecule has 1 aliphatic rings. The number of methoxy groups -OCH3 is 1. The summed E-state index contributed by atoms with van der Waals surface area (Å²) >= 11 is 0. The minimum absolute atomic E-state index is 0.0356. The Hall–Kier alpha value is -1.30. The lowest BCUT2D eigenvalue weighted by Crippen LogP contribution is -2.37. The van der Waals surface area contributed by atoms with Gasteiger partial charge in [0.05, 0.1) is 13.0 Å². The van der Waals surface area contributed by atoms with Crippen molar-refractivity contribution >= 4 is 12.1 Å². The summed E-state index contributed by atoms with van der Waals surface area (Å²) in [6.45, 7) is 8.27. The first-order valence-electron chi connectivity index (χ1n) is 6.59. The number of carbonyl (C=O) groups excluding carboxylic acids is 2. The minimum atomic E-state index is -0.478. The fraction of sp³-hybridized carbons (Fsp3) is 0.846. The highest BCUT2D eigenvalue weighted by Crippen LogP contribution is 2.16. The predicted octanol–water partition coefficient (Wildman–Crippen LogP) is 1.01. The molecule has 0 aromatic heterocycles. The van der Waals surface area contributed by atoms with Gasteiger partial charge in [0.2, 0.25) is 0 Å². The van der Waals surface area contributed by atoms with Gasteiger partial charge >= 0.3 is 12.1 Å². The first-order valence-corrected chi connectivity index (χ1v) is 6.59. The molecule has 1 atom stereocenters. The molecule has 0 radical (unpaired) electrons. The monoisotopic (exact) mass is 272 g/mol. The van der Waals surface area contributed by atoms with Gasteiger partial charge in [0.25, 0.3) is 0 Å². The first kappa shape index (κ1) is 15.8. The molecule has 1 heterocycles. The third-order valence-corrected chi connectivity index (χ3v) is 2.90. The Kier molecular flexibility index (Phi) is 5.60. The molecule has 1 amide bonds. The van der Waals surface area contributed by atoms with Crippen LogP contribution in [0.3, 0.4) is 0 Å². The highest BCUT2D eigenvalue weighted by molar-refractivity contribution is 5.72. The third-order valence-electron chi connectivity index (χ3n) is 2.90. The van der Waals surface area contributed by atoms with Gasteiger partial charge in [0, 0.05) is 19.6 Å². The number of nitrogens with zero attached hydrogens (tertiary/aromatic N) is 1. The SMILES string of the molecule is COC(=O)[C@@H]1CCN(CCNC(=O)OC(C)(C)C)C1. The maximum absolute atomic E-state index is 11.4. The topological polar surface area (TPSA) is 67.9 Å². The van der Waals surface area contributed by atoms with E-state index in [4.69, 9.17) is 9.47 Å². The van der Waals surface area contributed by atoms with Crippen LogP contribution in [0.5, 0.6) is 0 Å². The summed E-state index contributed by atoms with van der Waals surface area (Å²) in [5.41, 5.74) is -0.478. The molecule has 19 heavy (non-hydrogen) atoms. The third kappa shape index (κ3) is 5.92. The molecule has 1 saturated heterocycles. The Balaban J connectivity index is 2.18. The molecule has 0 saturated carbocycles. The van der Waals surface area contributed by atoms with E-state index in [9.17, 15) is 9.59 Å². The van der Waals surface area contributed by atoms with Crippen molar-refractivity contribution in [2.24, 2.45) is 5.92 Å². The summed E-state index contributed by atoms with van der Waals surface area (Å²) in [7, 11) is 1.41. The van der Waals surface area contributed by atoms with Crippen molar-refractivity contribution in [1.29, 1.82) is 0 Å². The van der Waals surface area contributed by atoms with Crippen molar-refractivity contribution in [2.75, 3.05) is 33.3 Å². The van der Waals surface area contributed by atoms with Crippen LogP contribution in [0.1, 0.15) is 27.2 Å². The van der Waals surface area contributed by atoms with Crippen LogP contribution in [0.2, 0.25) is 0 Å². The van der Waals surface area contributed by atoms with E-state index in [1.165, 1.54) is 7.11 Å². The smallest absolute Gasteiger partial charge is 0.407 e. The van der Waals surface area contributed by atoms with Gasteiger partial charge in [-0.2, -0.15) is 0 Å². The second-order valence-corrected chi connectivity index (χ2v) is 5.74. The van der Waals surface area contributed by atoms with Crippen LogP contribution in [0, 0.1) is 5.92 Å². The van der Waals surface area contributed by atoms with E-state index in [0.29, 0.717) is 19.6 Å². The molecule has 110 valence electrons. The first-order chi connectivity index (χ1) is 8.81. The molecule has 0 bridgehead atoms. The van der Waals surface area contributed by atoms with Gasteiger partial charge in [-0.15, -0.1) is 0 Å². The van der Waals surface area contributed by atoms with Crippen LogP contribution in [-0.4, -0.2) is 55.9 Å². The fourth-order valence-electron chi connectivity index (χ4n) is 2.03. The summed E-state index contributed by atoms with van der Waals surface area (Å²) in [4.78, 5) is 24.9. The van der Waals surface area contributed by atoms with Crippen molar-refractivity contribution in [2.45, 2.75) is 32.8 Å². The summed E-state index contributed by atoms with van der Waals surface area (Å²) in [6, 6.07) is 0. The Morgan fingerprint density at radius 3 is 2.63 bits per heavy atom. The molecule has 1 rings (SSSR count). The van der Waals surface area contributed by atoms with E-state index in [-0.39, 0.29) is 11.9 Å². The number of esters is 1. The van der Waals surface area contributed by atoms with Gasteiger partial charge in [-0.3, -0.25) is 4.79 Å². The lowest BCUT2D eigenvalue weighted by atomic mass is 10.1. The second-order valence-electron chi connectivity index (χ2n) is 5.74. The molecule has 1 N–H and O–H groups in total. The number of nitrogens with one attached hydrogen (secondary N) is 1. The zero-order valence-corrected chi connectivity index (χ0v) is 12.2. The molecule has 0 aliphatic carbocycles. The molecule has 0 aromatic carbocycles. The van der Waals surface area contributed by atoms with Crippen LogP contribution in [0.4, 0.5) is 4.79 Å². The molecule has 6 heteroatoms. The second kappa shape index (κ2) is 6.75. The predicted molar refractivity (Wildman–Crippen MR) is 70.8 cm³/mol. The Morgan fingerprint density at radius 1 is 1.37 bits per heavy atom. The molecule has 1 fully saturated rings. The number of ether oxygens (including phenoxy) is 2. The number of amides is 1. The van der Waals surface area contributed by atoms with Crippen molar-refractivity contribution in [3.8, 4) is 0 Å². The summed E-state index contributed by atoms with van der Waals surface area (Å²) in [6.07, 6.45) is 0.412. The zero-order valence-electron chi connectivity index (χ0n) is 12.2. The molecule has 0 spiro atoms. The lowest BCUT2D eigenvalue weighted by Gasteiger charge is -2.21. The molecule has 1 aliphatic heterocycles.